The van der Waals surface area contributed by atoms with Crippen LogP contribution >= 0.6 is 0 Å². The van der Waals surface area contributed by atoms with Crippen molar-refractivity contribution >= 4 is 0 Å². The van der Waals surface area contributed by atoms with Crippen molar-refractivity contribution in [3.8, 4) is 0 Å². The van der Waals surface area contributed by atoms with E-state index in [1.807, 2.05) is 0 Å². The second-order valence-electron chi connectivity index (χ2n) is 5.21. The van der Waals surface area contributed by atoms with Crippen LogP contribution in [0.4, 0.5) is 0 Å². The first-order valence-electron chi connectivity index (χ1n) is 6.70. The van der Waals surface area contributed by atoms with Crippen molar-refractivity contribution in [3.63, 3.8) is 0 Å². The summed E-state index contributed by atoms with van der Waals surface area (Å²) in [4.78, 5) is 2.59. The third-order valence-corrected chi connectivity index (χ3v) is 3.90. The average molecular weight is 211 g/mol. The number of rotatable bonds is 3. The molecule has 0 saturated carbocycles. The molecule has 0 N–H and O–H groups in total. The summed E-state index contributed by atoms with van der Waals surface area (Å²) in [6, 6.07) is 0. The lowest BCUT2D eigenvalue weighted by molar-refractivity contribution is -0.169. The van der Waals surface area contributed by atoms with E-state index in [1.165, 1.54) is 51.6 Å². The van der Waals surface area contributed by atoms with Gasteiger partial charge in [-0.15, -0.1) is 0 Å². The summed E-state index contributed by atoms with van der Waals surface area (Å²) < 4.78 is 6.13. The summed E-state index contributed by atoms with van der Waals surface area (Å²) in [6.07, 6.45) is 8.96. The van der Waals surface area contributed by atoms with E-state index in [0.29, 0.717) is 12.3 Å². The smallest absolute Gasteiger partial charge is 0.113 e. The maximum Gasteiger partial charge on any atom is 0.113 e. The van der Waals surface area contributed by atoms with Gasteiger partial charge in [0.1, 0.15) is 6.23 Å². The largest absolute Gasteiger partial charge is 0.360 e. The van der Waals surface area contributed by atoms with E-state index in [4.69, 9.17) is 4.74 Å². The number of nitrogens with zero attached hydrogens (tertiary/aromatic N) is 1. The number of likely N-dealkylation sites (tertiary alicyclic amines) is 1. The molecule has 0 unspecified atom stereocenters. The third-order valence-electron chi connectivity index (χ3n) is 3.90. The Labute approximate surface area is 94.0 Å². The monoisotopic (exact) mass is 211 g/mol. The normalized spacial score (nSPS) is 37.6. The summed E-state index contributed by atoms with van der Waals surface area (Å²) in [5.41, 5.74) is 0. The van der Waals surface area contributed by atoms with E-state index < -0.39 is 0 Å². The highest BCUT2D eigenvalue weighted by molar-refractivity contribution is 4.82. The van der Waals surface area contributed by atoms with Crippen molar-refractivity contribution in [2.45, 2.75) is 64.7 Å². The van der Waals surface area contributed by atoms with Crippen LogP contribution in [0, 0.1) is 5.92 Å². The predicted molar refractivity (Wildman–Crippen MR) is 62.8 cm³/mol. The third kappa shape index (κ3) is 2.73. The molecule has 2 saturated heterocycles. The SMILES string of the molecule is CCCCN1CCC[C@@H]2CC[C@@H](C)O[C@@H]21. The molecular formula is C13H25NO. The van der Waals surface area contributed by atoms with Crippen molar-refractivity contribution in [3.05, 3.63) is 0 Å². The lowest BCUT2D eigenvalue weighted by atomic mass is 9.88. The molecule has 2 rings (SSSR count). The highest BCUT2D eigenvalue weighted by Crippen LogP contribution is 2.34. The predicted octanol–water partition coefficient (Wildman–Crippen LogP) is 3.02. The minimum absolute atomic E-state index is 0.453. The van der Waals surface area contributed by atoms with Crippen molar-refractivity contribution in [1.82, 2.24) is 4.90 Å². The van der Waals surface area contributed by atoms with E-state index in [0.717, 1.165) is 5.92 Å². The fourth-order valence-corrected chi connectivity index (χ4v) is 2.96. The Morgan fingerprint density at radius 2 is 2.13 bits per heavy atom. The number of fused-ring (bicyclic) bond motifs is 1. The van der Waals surface area contributed by atoms with Gasteiger partial charge in [0.15, 0.2) is 0 Å². The van der Waals surface area contributed by atoms with E-state index in [-0.39, 0.29) is 0 Å². The summed E-state index contributed by atoms with van der Waals surface area (Å²) in [5.74, 6) is 0.826. The van der Waals surface area contributed by atoms with Gasteiger partial charge in [0.2, 0.25) is 0 Å². The standard InChI is InChI=1S/C13H25NO/c1-3-4-9-14-10-5-6-12-8-7-11(2)15-13(12)14/h11-13H,3-10H2,1-2H3/t11-,12-,13+/m1/s1. The van der Waals surface area contributed by atoms with Crippen LogP contribution in [0.5, 0.6) is 0 Å². The number of piperidine rings is 1. The maximum atomic E-state index is 6.13. The maximum absolute atomic E-state index is 6.13. The second kappa shape index (κ2) is 5.31. The van der Waals surface area contributed by atoms with Crippen molar-refractivity contribution in [1.29, 1.82) is 0 Å². The Morgan fingerprint density at radius 3 is 2.93 bits per heavy atom. The zero-order chi connectivity index (χ0) is 10.7. The van der Waals surface area contributed by atoms with Crippen LogP contribution in [-0.4, -0.2) is 30.3 Å². The Balaban J connectivity index is 1.91. The van der Waals surface area contributed by atoms with Crippen LogP contribution in [-0.2, 0) is 4.74 Å². The van der Waals surface area contributed by atoms with Gasteiger partial charge in [-0.2, -0.15) is 0 Å². The van der Waals surface area contributed by atoms with Crippen LogP contribution < -0.4 is 0 Å². The van der Waals surface area contributed by atoms with Gasteiger partial charge in [0.25, 0.3) is 0 Å². The molecule has 0 aliphatic carbocycles. The van der Waals surface area contributed by atoms with Gasteiger partial charge in [0.05, 0.1) is 6.10 Å². The van der Waals surface area contributed by atoms with Crippen molar-refractivity contribution < 1.29 is 4.74 Å². The Hall–Kier alpha value is -0.0800. The lowest BCUT2D eigenvalue weighted by Crippen LogP contribution is -2.50. The molecule has 0 radical (unpaired) electrons. The van der Waals surface area contributed by atoms with E-state index in [1.54, 1.807) is 0 Å². The highest BCUT2D eigenvalue weighted by atomic mass is 16.5. The van der Waals surface area contributed by atoms with Gasteiger partial charge < -0.3 is 4.74 Å². The number of unbranched alkanes of at least 4 members (excludes halogenated alkanes) is 1. The second-order valence-corrected chi connectivity index (χ2v) is 5.21. The minimum atomic E-state index is 0.453. The van der Waals surface area contributed by atoms with Gasteiger partial charge in [-0.05, 0) is 44.9 Å². The van der Waals surface area contributed by atoms with Crippen LogP contribution in [0.1, 0.15) is 52.4 Å². The van der Waals surface area contributed by atoms with Crippen LogP contribution in [0.2, 0.25) is 0 Å². The number of ether oxygens (including phenoxy) is 1. The molecule has 0 aromatic heterocycles. The van der Waals surface area contributed by atoms with Crippen molar-refractivity contribution in [2.24, 2.45) is 5.92 Å². The molecule has 0 aromatic rings. The van der Waals surface area contributed by atoms with Crippen molar-refractivity contribution in [2.75, 3.05) is 13.1 Å². The molecule has 2 heterocycles. The van der Waals surface area contributed by atoms with Gasteiger partial charge in [-0.3, -0.25) is 4.90 Å². The first kappa shape index (κ1) is 11.4. The van der Waals surface area contributed by atoms with Gasteiger partial charge in [-0.25, -0.2) is 0 Å². The summed E-state index contributed by atoms with van der Waals surface area (Å²) in [7, 11) is 0. The van der Waals surface area contributed by atoms with E-state index >= 15 is 0 Å². The molecule has 2 aliphatic heterocycles. The molecular weight excluding hydrogens is 186 g/mol. The molecule has 15 heavy (non-hydrogen) atoms. The molecule has 2 aliphatic rings. The molecule has 0 bridgehead atoms. The molecule has 0 amide bonds. The van der Waals surface area contributed by atoms with Crippen LogP contribution in [0.3, 0.4) is 0 Å². The summed E-state index contributed by atoms with van der Waals surface area (Å²) in [6.45, 7) is 6.99. The van der Waals surface area contributed by atoms with Gasteiger partial charge >= 0.3 is 0 Å². The molecule has 2 fully saturated rings. The number of hydrogen-bond acceptors (Lipinski definition) is 2. The highest BCUT2D eigenvalue weighted by Gasteiger charge is 2.35. The first-order chi connectivity index (χ1) is 7.31. The fourth-order valence-electron chi connectivity index (χ4n) is 2.96. The van der Waals surface area contributed by atoms with Gasteiger partial charge in [0, 0.05) is 13.1 Å². The molecule has 0 aromatic carbocycles. The summed E-state index contributed by atoms with van der Waals surface area (Å²) >= 11 is 0. The Morgan fingerprint density at radius 1 is 1.27 bits per heavy atom. The Kier molecular flexibility index (Phi) is 4.04. The quantitative estimate of drug-likeness (QED) is 0.711. The molecule has 2 heteroatoms. The van der Waals surface area contributed by atoms with Crippen LogP contribution in [0.15, 0.2) is 0 Å². The Bertz CT molecular complexity index is 195. The van der Waals surface area contributed by atoms with E-state index in [2.05, 4.69) is 18.7 Å². The van der Waals surface area contributed by atoms with Gasteiger partial charge in [-0.1, -0.05) is 13.3 Å². The topological polar surface area (TPSA) is 12.5 Å². The molecule has 0 spiro atoms. The van der Waals surface area contributed by atoms with Crippen LogP contribution in [0.25, 0.3) is 0 Å². The summed E-state index contributed by atoms with van der Waals surface area (Å²) in [5, 5.41) is 0. The molecule has 2 nitrogen and oxygen atoms in total. The first-order valence-corrected chi connectivity index (χ1v) is 6.70. The molecule has 88 valence electrons. The zero-order valence-electron chi connectivity index (χ0n) is 10.2. The van der Waals surface area contributed by atoms with E-state index in [9.17, 15) is 0 Å². The zero-order valence-corrected chi connectivity index (χ0v) is 10.2. The number of hydrogen-bond donors (Lipinski definition) is 0. The average Bonchev–Trinajstić information content (AvgIpc) is 2.26. The molecule has 3 atom stereocenters. The lowest BCUT2D eigenvalue weighted by Gasteiger charge is -2.45. The fraction of sp³-hybridized carbons (Fsp3) is 1.00. The minimum Gasteiger partial charge on any atom is -0.360 e.